The molecule has 1 heterocycles. The minimum absolute atomic E-state index is 0.0951. The van der Waals surface area contributed by atoms with E-state index in [0.717, 1.165) is 11.1 Å². The Kier molecular flexibility index (Phi) is 4.93. The average Bonchev–Trinajstić information content (AvgIpc) is 3.31. The first-order valence-electron chi connectivity index (χ1n) is 7.90. The fourth-order valence-electron chi connectivity index (χ4n) is 2.77. The zero-order valence-corrected chi connectivity index (χ0v) is 16.1. The zero-order valence-electron chi connectivity index (χ0n) is 13.8. The zero-order chi connectivity index (χ0) is 18.2. The van der Waals surface area contributed by atoms with Crippen molar-refractivity contribution in [2.75, 3.05) is 0 Å². The number of ether oxygens (including phenoxy) is 1. The summed E-state index contributed by atoms with van der Waals surface area (Å²) in [5.74, 6) is 0. The van der Waals surface area contributed by atoms with Gasteiger partial charge >= 0.3 is 6.09 Å². The van der Waals surface area contributed by atoms with Crippen molar-refractivity contribution >= 4 is 40.9 Å². The number of amides is 1. The second-order valence-corrected chi connectivity index (χ2v) is 8.78. The molecule has 1 fully saturated rings. The van der Waals surface area contributed by atoms with Gasteiger partial charge in [-0.2, -0.15) is 0 Å². The summed E-state index contributed by atoms with van der Waals surface area (Å²) in [6, 6.07) is 19.5. The molecule has 0 N–H and O–H groups in total. The molecule has 0 saturated carbocycles. The second kappa shape index (κ2) is 6.71. The molecule has 2 aromatic carbocycles. The molecule has 3 rings (SSSR count). The summed E-state index contributed by atoms with van der Waals surface area (Å²) in [6.07, 6.45) is -0.501. The molecule has 1 saturated heterocycles. The third-order valence-electron chi connectivity index (χ3n) is 4.33. The Balaban J connectivity index is 1.86. The molecule has 2 atom stereocenters. The van der Waals surface area contributed by atoms with Gasteiger partial charge in [0.25, 0.3) is 0 Å². The van der Waals surface area contributed by atoms with Crippen LogP contribution in [0.5, 0.6) is 0 Å². The highest BCUT2D eigenvalue weighted by atomic mass is 35.6. The van der Waals surface area contributed by atoms with E-state index < -0.39 is 15.5 Å². The van der Waals surface area contributed by atoms with E-state index in [1.165, 1.54) is 0 Å². The van der Waals surface area contributed by atoms with E-state index in [1.807, 2.05) is 60.7 Å². The largest absolute Gasteiger partial charge is 0.439 e. The van der Waals surface area contributed by atoms with Crippen molar-refractivity contribution in [2.45, 2.75) is 35.3 Å². The van der Waals surface area contributed by atoms with Gasteiger partial charge in [0.1, 0.15) is 0 Å². The van der Waals surface area contributed by atoms with Crippen LogP contribution in [0.4, 0.5) is 4.79 Å². The molecule has 0 bridgehead atoms. The minimum atomic E-state index is -1.72. The summed E-state index contributed by atoms with van der Waals surface area (Å²) in [4.78, 5) is 14.4. The number of alkyl halides is 3. The average molecular weight is 399 g/mol. The number of carbonyl (C=O) groups excluding carboxylic acids is 1. The van der Waals surface area contributed by atoms with Crippen molar-refractivity contribution in [2.24, 2.45) is 0 Å². The fourth-order valence-corrected chi connectivity index (χ4v) is 2.89. The van der Waals surface area contributed by atoms with Crippen LogP contribution in [0, 0.1) is 0 Å². The SMILES string of the molecule is CC(C)(OC(=O)N1[C@H](c2ccccc2)[C@H]1c1ccccc1)C(Cl)(Cl)Cl. The van der Waals surface area contributed by atoms with Crippen LogP contribution in [0.25, 0.3) is 0 Å². The molecule has 1 amide bonds. The number of halogens is 3. The molecule has 0 radical (unpaired) electrons. The van der Waals surface area contributed by atoms with Crippen molar-refractivity contribution in [3.05, 3.63) is 71.8 Å². The van der Waals surface area contributed by atoms with Crippen LogP contribution in [-0.4, -0.2) is 20.4 Å². The van der Waals surface area contributed by atoms with Gasteiger partial charge in [-0.3, -0.25) is 4.90 Å². The maximum atomic E-state index is 12.8. The summed E-state index contributed by atoms with van der Waals surface area (Å²) in [6.45, 7) is 3.16. The predicted octanol–water partition coefficient (Wildman–Crippen LogP) is 6.07. The van der Waals surface area contributed by atoms with E-state index in [4.69, 9.17) is 39.5 Å². The molecule has 1 aliphatic heterocycles. The fraction of sp³-hybridized carbons (Fsp3) is 0.316. The molecule has 0 unspecified atom stereocenters. The molecule has 0 spiro atoms. The first-order valence-corrected chi connectivity index (χ1v) is 9.04. The Labute approximate surface area is 162 Å². The van der Waals surface area contributed by atoms with E-state index in [9.17, 15) is 4.79 Å². The van der Waals surface area contributed by atoms with E-state index in [0.29, 0.717) is 0 Å². The smallest absolute Gasteiger partial charge is 0.411 e. The lowest BCUT2D eigenvalue weighted by Crippen LogP contribution is -2.42. The van der Waals surface area contributed by atoms with Crippen LogP contribution in [0.2, 0.25) is 0 Å². The Morgan fingerprint density at radius 3 is 1.64 bits per heavy atom. The molecule has 132 valence electrons. The van der Waals surface area contributed by atoms with Gasteiger partial charge < -0.3 is 4.74 Å². The number of nitrogens with zero attached hydrogens (tertiary/aromatic N) is 1. The molecule has 0 aromatic heterocycles. The van der Waals surface area contributed by atoms with Crippen LogP contribution in [-0.2, 0) is 4.74 Å². The predicted molar refractivity (Wildman–Crippen MR) is 101 cm³/mol. The summed E-state index contributed by atoms with van der Waals surface area (Å²) in [7, 11) is 0. The Bertz CT molecular complexity index is 699. The number of benzene rings is 2. The number of hydrogen-bond donors (Lipinski definition) is 0. The molecule has 25 heavy (non-hydrogen) atoms. The number of carbonyl (C=O) groups is 1. The quantitative estimate of drug-likeness (QED) is 0.464. The third kappa shape index (κ3) is 3.74. The summed E-state index contributed by atoms with van der Waals surface area (Å²) in [5, 5.41) is 0. The van der Waals surface area contributed by atoms with Gasteiger partial charge in [-0.05, 0) is 25.0 Å². The van der Waals surface area contributed by atoms with Gasteiger partial charge in [-0.1, -0.05) is 95.5 Å². The lowest BCUT2D eigenvalue weighted by Gasteiger charge is -2.32. The molecule has 1 aliphatic rings. The molecule has 6 heteroatoms. The molecule has 0 aliphatic carbocycles. The van der Waals surface area contributed by atoms with Gasteiger partial charge in [0, 0.05) is 0 Å². The van der Waals surface area contributed by atoms with Gasteiger partial charge in [-0.15, -0.1) is 0 Å². The molecule has 2 aromatic rings. The van der Waals surface area contributed by atoms with Crippen molar-refractivity contribution < 1.29 is 9.53 Å². The van der Waals surface area contributed by atoms with Crippen LogP contribution < -0.4 is 0 Å². The highest BCUT2D eigenvalue weighted by Crippen LogP contribution is 2.55. The summed E-state index contributed by atoms with van der Waals surface area (Å²) in [5.41, 5.74) is 0.833. The van der Waals surface area contributed by atoms with Crippen LogP contribution in [0.3, 0.4) is 0 Å². The Morgan fingerprint density at radius 2 is 1.28 bits per heavy atom. The Hall–Kier alpha value is -1.42. The molecular formula is C19H18Cl3NO2. The molecule has 3 nitrogen and oxygen atoms in total. The topological polar surface area (TPSA) is 29.3 Å². The van der Waals surface area contributed by atoms with E-state index in [1.54, 1.807) is 18.7 Å². The normalized spacial score (nSPS) is 20.3. The van der Waals surface area contributed by atoms with Gasteiger partial charge in [-0.25, -0.2) is 4.79 Å². The van der Waals surface area contributed by atoms with Crippen molar-refractivity contribution in [3.63, 3.8) is 0 Å². The lowest BCUT2D eigenvalue weighted by molar-refractivity contribution is 0.0290. The van der Waals surface area contributed by atoms with Crippen molar-refractivity contribution in [1.82, 2.24) is 4.90 Å². The molecular weight excluding hydrogens is 381 g/mol. The standard InChI is InChI=1S/C19H18Cl3NO2/c1-18(2,19(20,21)22)25-17(24)23-15(13-9-5-3-6-10-13)16(23)14-11-7-4-8-12-14/h3-12,15-16H,1-2H3/t15-,16-/m1/s1. The van der Waals surface area contributed by atoms with Crippen LogP contribution >= 0.6 is 34.8 Å². The highest BCUT2D eigenvalue weighted by molar-refractivity contribution is 6.68. The van der Waals surface area contributed by atoms with E-state index in [2.05, 4.69) is 0 Å². The Morgan fingerprint density at radius 1 is 0.880 bits per heavy atom. The van der Waals surface area contributed by atoms with E-state index in [-0.39, 0.29) is 12.1 Å². The van der Waals surface area contributed by atoms with E-state index >= 15 is 0 Å². The number of rotatable bonds is 3. The van der Waals surface area contributed by atoms with Gasteiger partial charge in [0.15, 0.2) is 5.60 Å². The summed E-state index contributed by atoms with van der Waals surface area (Å²) < 4.78 is 3.80. The first-order chi connectivity index (χ1) is 11.7. The second-order valence-electron chi connectivity index (χ2n) is 6.49. The highest BCUT2D eigenvalue weighted by Gasteiger charge is 2.56. The summed E-state index contributed by atoms with van der Waals surface area (Å²) >= 11 is 17.8. The van der Waals surface area contributed by atoms with Gasteiger partial charge in [0.2, 0.25) is 3.79 Å². The van der Waals surface area contributed by atoms with Crippen LogP contribution in [0.15, 0.2) is 60.7 Å². The maximum Gasteiger partial charge on any atom is 0.411 e. The van der Waals surface area contributed by atoms with Crippen molar-refractivity contribution in [3.8, 4) is 0 Å². The number of hydrogen-bond acceptors (Lipinski definition) is 2. The monoisotopic (exact) mass is 397 g/mol. The third-order valence-corrected chi connectivity index (χ3v) is 5.69. The maximum absolute atomic E-state index is 12.8. The van der Waals surface area contributed by atoms with Crippen molar-refractivity contribution in [1.29, 1.82) is 0 Å². The lowest BCUT2D eigenvalue weighted by atomic mass is 10.0. The van der Waals surface area contributed by atoms with Crippen LogP contribution in [0.1, 0.15) is 37.1 Å². The first kappa shape index (κ1) is 18.4. The van der Waals surface area contributed by atoms with Gasteiger partial charge in [0.05, 0.1) is 12.1 Å². The minimum Gasteiger partial charge on any atom is -0.439 e.